The maximum atomic E-state index is 11.4. The van der Waals surface area contributed by atoms with Crippen molar-refractivity contribution >= 4 is 27.3 Å². The molecule has 0 aromatic heterocycles. The molecule has 0 bridgehead atoms. The van der Waals surface area contributed by atoms with Gasteiger partial charge in [0.05, 0.1) is 11.0 Å². The molecule has 0 amide bonds. The molecule has 2 aromatic rings. The molecule has 2 aliphatic rings. The number of nitro benzene ring substituents is 1. The number of nitrogens with zero attached hydrogens (tertiary/aromatic N) is 1. The molecular formula is C18H15BrN2O2. The first kappa shape index (κ1) is 14.5. The van der Waals surface area contributed by atoms with Crippen molar-refractivity contribution < 1.29 is 4.92 Å². The molecule has 4 nitrogen and oxygen atoms in total. The van der Waals surface area contributed by atoms with Crippen molar-refractivity contribution in [3.63, 3.8) is 0 Å². The predicted octanol–water partition coefficient (Wildman–Crippen LogP) is 5.18. The molecule has 1 aliphatic heterocycles. The Morgan fingerprint density at radius 1 is 1.17 bits per heavy atom. The van der Waals surface area contributed by atoms with Crippen molar-refractivity contribution in [3.8, 4) is 0 Å². The molecule has 3 atom stereocenters. The first-order valence-corrected chi connectivity index (χ1v) is 8.40. The van der Waals surface area contributed by atoms with E-state index in [1.54, 1.807) is 12.1 Å². The van der Waals surface area contributed by atoms with E-state index in [1.165, 1.54) is 0 Å². The number of fused-ring (bicyclic) bond motifs is 3. The Hall–Kier alpha value is -2.14. The van der Waals surface area contributed by atoms with E-state index < -0.39 is 0 Å². The highest BCUT2D eigenvalue weighted by Gasteiger charge is 2.40. The number of nitro groups is 1. The molecule has 0 spiro atoms. The van der Waals surface area contributed by atoms with Crippen LogP contribution >= 0.6 is 15.9 Å². The minimum atomic E-state index is -0.302. The number of nitrogens with one attached hydrogen (secondary N) is 1. The maximum absolute atomic E-state index is 11.4. The Balaban J connectivity index is 1.83. The van der Waals surface area contributed by atoms with Gasteiger partial charge in [0.25, 0.3) is 5.69 Å². The van der Waals surface area contributed by atoms with E-state index in [9.17, 15) is 10.1 Å². The summed E-state index contributed by atoms with van der Waals surface area (Å²) in [7, 11) is 0. The zero-order chi connectivity index (χ0) is 16.0. The highest BCUT2D eigenvalue weighted by Crippen LogP contribution is 2.51. The van der Waals surface area contributed by atoms with Crippen LogP contribution in [0.4, 0.5) is 11.4 Å². The fourth-order valence-electron chi connectivity index (χ4n) is 3.76. The zero-order valence-corrected chi connectivity index (χ0v) is 13.9. The van der Waals surface area contributed by atoms with Gasteiger partial charge in [-0.1, -0.05) is 52.3 Å². The lowest BCUT2D eigenvalue weighted by Gasteiger charge is -2.37. The highest BCUT2D eigenvalue weighted by molar-refractivity contribution is 9.10. The highest BCUT2D eigenvalue weighted by atomic mass is 79.9. The van der Waals surface area contributed by atoms with Gasteiger partial charge in [-0.15, -0.1) is 0 Å². The van der Waals surface area contributed by atoms with Crippen LogP contribution in [0.1, 0.15) is 29.5 Å². The van der Waals surface area contributed by atoms with E-state index >= 15 is 0 Å². The third-order valence-electron chi connectivity index (χ3n) is 4.80. The Bertz CT molecular complexity index is 801. The van der Waals surface area contributed by atoms with Crippen molar-refractivity contribution in [2.45, 2.75) is 18.4 Å². The van der Waals surface area contributed by atoms with Gasteiger partial charge < -0.3 is 5.32 Å². The second-order valence-electron chi connectivity index (χ2n) is 6.03. The molecule has 0 saturated carbocycles. The van der Waals surface area contributed by atoms with Gasteiger partial charge in [0.15, 0.2) is 0 Å². The summed E-state index contributed by atoms with van der Waals surface area (Å²) in [6.45, 7) is 0. The lowest BCUT2D eigenvalue weighted by Crippen LogP contribution is -2.29. The number of anilines is 1. The number of allylic oxidation sites excluding steroid dienone is 2. The quantitative estimate of drug-likeness (QED) is 0.449. The van der Waals surface area contributed by atoms with Crippen molar-refractivity contribution in [2.75, 3.05) is 5.32 Å². The second kappa shape index (κ2) is 5.49. The number of halogens is 1. The summed E-state index contributed by atoms with van der Waals surface area (Å²) < 4.78 is 1.03. The van der Waals surface area contributed by atoms with Gasteiger partial charge in [0, 0.05) is 16.5 Å². The number of hydrogen-bond donors (Lipinski definition) is 1. The molecular weight excluding hydrogens is 356 g/mol. The molecule has 3 unspecified atom stereocenters. The lowest BCUT2D eigenvalue weighted by atomic mass is 9.77. The van der Waals surface area contributed by atoms with Crippen molar-refractivity contribution in [3.05, 3.63) is 80.3 Å². The summed E-state index contributed by atoms with van der Waals surface area (Å²) in [5.41, 5.74) is 3.02. The number of rotatable bonds is 2. The van der Waals surface area contributed by atoms with Crippen LogP contribution in [0.2, 0.25) is 0 Å². The van der Waals surface area contributed by atoms with E-state index in [1.807, 2.05) is 18.2 Å². The third-order valence-corrected chi connectivity index (χ3v) is 5.33. The third kappa shape index (κ3) is 2.36. The molecule has 23 heavy (non-hydrogen) atoms. The van der Waals surface area contributed by atoms with E-state index in [0.717, 1.165) is 22.0 Å². The van der Waals surface area contributed by atoms with Crippen LogP contribution < -0.4 is 5.32 Å². The van der Waals surface area contributed by atoms with Crippen LogP contribution in [0.25, 0.3) is 0 Å². The molecule has 0 fully saturated rings. The SMILES string of the molecule is O=[N+]([O-])c1cccc2c1NC(c1ccc(Br)cc1)C1CC=CC21. The minimum absolute atomic E-state index is 0.0803. The van der Waals surface area contributed by atoms with Gasteiger partial charge in [-0.25, -0.2) is 0 Å². The Labute approximate surface area is 142 Å². The monoisotopic (exact) mass is 370 g/mol. The van der Waals surface area contributed by atoms with Gasteiger partial charge in [0.2, 0.25) is 0 Å². The summed E-state index contributed by atoms with van der Waals surface area (Å²) >= 11 is 3.46. The van der Waals surface area contributed by atoms with E-state index in [2.05, 4.69) is 45.5 Å². The van der Waals surface area contributed by atoms with Crippen LogP contribution in [0.15, 0.2) is 59.1 Å². The average Bonchev–Trinajstić information content (AvgIpc) is 3.04. The Morgan fingerprint density at radius 3 is 2.70 bits per heavy atom. The van der Waals surface area contributed by atoms with Crippen LogP contribution in [-0.2, 0) is 0 Å². The second-order valence-corrected chi connectivity index (χ2v) is 6.94. The number of para-hydroxylation sites is 1. The molecule has 0 radical (unpaired) electrons. The summed E-state index contributed by atoms with van der Waals surface area (Å²) in [6.07, 6.45) is 5.37. The van der Waals surface area contributed by atoms with Crippen molar-refractivity contribution in [1.82, 2.24) is 0 Å². The molecule has 0 saturated heterocycles. The largest absolute Gasteiger partial charge is 0.372 e. The molecule has 1 heterocycles. The van der Waals surface area contributed by atoms with E-state index in [4.69, 9.17) is 0 Å². The zero-order valence-electron chi connectivity index (χ0n) is 12.3. The van der Waals surface area contributed by atoms with Gasteiger partial charge >= 0.3 is 0 Å². The first-order valence-electron chi connectivity index (χ1n) is 7.61. The van der Waals surface area contributed by atoms with E-state index in [0.29, 0.717) is 11.6 Å². The first-order chi connectivity index (χ1) is 11.1. The van der Waals surface area contributed by atoms with Crippen LogP contribution in [-0.4, -0.2) is 4.92 Å². The van der Waals surface area contributed by atoms with Crippen LogP contribution in [0.5, 0.6) is 0 Å². The van der Waals surface area contributed by atoms with Gasteiger partial charge in [-0.2, -0.15) is 0 Å². The molecule has 2 aromatic carbocycles. The number of hydrogen-bond acceptors (Lipinski definition) is 3. The molecule has 1 aliphatic carbocycles. The fraction of sp³-hybridized carbons (Fsp3) is 0.222. The summed E-state index contributed by atoms with van der Waals surface area (Å²) in [6, 6.07) is 13.6. The molecule has 116 valence electrons. The van der Waals surface area contributed by atoms with Gasteiger partial charge in [0.1, 0.15) is 5.69 Å². The maximum Gasteiger partial charge on any atom is 0.292 e. The summed E-state index contributed by atoms with van der Waals surface area (Å²) in [5, 5.41) is 14.9. The standard InChI is InChI=1S/C18H15BrN2O2/c19-12-9-7-11(8-10-12)17-14-4-1-3-13(14)15-5-2-6-16(21(22)23)18(15)20-17/h1-3,5-10,13-14,17,20H,4H2. The lowest BCUT2D eigenvalue weighted by molar-refractivity contribution is -0.384. The minimum Gasteiger partial charge on any atom is -0.372 e. The molecule has 4 rings (SSSR count). The predicted molar refractivity (Wildman–Crippen MR) is 93.6 cm³/mol. The Kier molecular flexibility index (Phi) is 3.45. The van der Waals surface area contributed by atoms with E-state index in [-0.39, 0.29) is 22.6 Å². The van der Waals surface area contributed by atoms with Crippen LogP contribution in [0, 0.1) is 16.0 Å². The normalized spacial score (nSPS) is 24.7. The number of benzene rings is 2. The average molecular weight is 371 g/mol. The van der Waals surface area contributed by atoms with Crippen molar-refractivity contribution in [2.24, 2.45) is 5.92 Å². The molecule has 1 N–H and O–H groups in total. The fourth-order valence-corrected chi connectivity index (χ4v) is 4.02. The van der Waals surface area contributed by atoms with Gasteiger partial charge in [-0.05, 0) is 35.6 Å². The van der Waals surface area contributed by atoms with Gasteiger partial charge in [-0.3, -0.25) is 10.1 Å². The van der Waals surface area contributed by atoms with Crippen LogP contribution in [0.3, 0.4) is 0 Å². The topological polar surface area (TPSA) is 55.2 Å². The summed E-state index contributed by atoms with van der Waals surface area (Å²) in [5.74, 6) is 0.630. The molecule has 5 heteroatoms. The van der Waals surface area contributed by atoms with Crippen molar-refractivity contribution in [1.29, 1.82) is 0 Å². The Morgan fingerprint density at radius 2 is 1.96 bits per heavy atom. The summed E-state index contributed by atoms with van der Waals surface area (Å²) in [4.78, 5) is 11.1. The smallest absolute Gasteiger partial charge is 0.292 e.